The van der Waals surface area contributed by atoms with Gasteiger partial charge in [0.25, 0.3) is 11.8 Å². The van der Waals surface area contributed by atoms with E-state index in [1.165, 1.54) is 28.1 Å². The van der Waals surface area contributed by atoms with Gasteiger partial charge in [0.05, 0.1) is 25.2 Å². The summed E-state index contributed by atoms with van der Waals surface area (Å²) < 4.78 is 38.3. The Balaban J connectivity index is 1.28. The van der Waals surface area contributed by atoms with Crippen molar-refractivity contribution in [3.63, 3.8) is 0 Å². The maximum Gasteiger partial charge on any atom is 0.425 e. The number of ether oxygens (including phenoxy) is 3. The number of aromatic nitrogens is 4. The topological polar surface area (TPSA) is 142 Å². The summed E-state index contributed by atoms with van der Waals surface area (Å²) in [6, 6.07) is -0.300. The van der Waals surface area contributed by atoms with Gasteiger partial charge in [-0.25, -0.2) is 38.5 Å². The molecule has 1 aliphatic carbocycles. The van der Waals surface area contributed by atoms with Gasteiger partial charge in [-0.05, 0) is 76.9 Å². The molecule has 0 saturated carbocycles. The highest BCUT2D eigenvalue weighted by molar-refractivity contribution is 8.32. The number of pyridine rings is 1. The summed E-state index contributed by atoms with van der Waals surface area (Å²) in [7, 11) is -0.760. The van der Waals surface area contributed by atoms with Gasteiger partial charge < -0.3 is 23.5 Å². The molecule has 5 rings (SSSR count). The monoisotopic (exact) mass is 674 g/mol. The highest BCUT2D eigenvalue weighted by Gasteiger charge is 2.35. The van der Waals surface area contributed by atoms with Crippen LogP contribution in [0.25, 0.3) is 5.82 Å². The van der Waals surface area contributed by atoms with Crippen LogP contribution in [-0.2, 0) is 33.5 Å². The molecule has 4 heterocycles. The lowest BCUT2D eigenvalue weighted by atomic mass is 10.1. The molecular weight excluding hydrogens is 631 g/mol. The van der Waals surface area contributed by atoms with Gasteiger partial charge in [0.15, 0.2) is 12.4 Å². The van der Waals surface area contributed by atoms with Gasteiger partial charge >= 0.3 is 11.8 Å². The summed E-state index contributed by atoms with van der Waals surface area (Å²) in [5.41, 5.74) is 1.43. The molecule has 15 heteroatoms. The number of hydrogen-bond acceptors (Lipinski definition) is 10. The molecule has 2 aliphatic rings. The number of fused-ring (bicyclic) bond motifs is 2. The molecule has 13 nitrogen and oxygen atoms in total. The van der Waals surface area contributed by atoms with Gasteiger partial charge in [-0.1, -0.05) is 0 Å². The van der Waals surface area contributed by atoms with E-state index in [4.69, 9.17) is 18.6 Å². The highest BCUT2D eigenvalue weighted by Crippen LogP contribution is 2.34. The lowest BCUT2D eigenvalue weighted by Gasteiger charge is -2.31. The van der Waals surface area contributed by atoms with Gasteiger partial charge in [-0.2, -0.15) is 0 Å². The van der Waals surface area contributed by atoms with Crippen LogP contribution in [-0.4, -0.2) is 99.1 Å². The van der Waals surface area contributed by atoms with Crippen molar-refractivity contribution >= 4 is 27.8 Å². The van der Waals surface area contributed by atoms with Crippen LogP contribution in [0.5, 0.6) is 5.88 Å². The van der Waals surface area contributed by atoms with Crippen molar-refractivity contribution in [1.82, 2.24) is 24.4 Å². The number of carbonyl (C=O) groups excluding carboxylic acids is 2. The average molecular weight is 675 g/mol. The standard InChI is InChI=1S/C32H43FN6O7S/c1-20-23-13-21(14-24(23)25(33)15-34-20)37(31(42)46-32(2,3)4)10-8-9-22-17-38(30(41)45-22)26-16-35-29-28(36-26)39(27(40)18-44-29)19-43-11-12-47(5,6)7/h15-17,21H,8-14,18-19H2,1-7H3. The minimum Gasteiger partial charge on any atom is -0.465 e. The summed E-state index contributed by atoms with van der Waals surface area (Å²) >= 11 is 0. The summed E-state index contributed by atoms with van der Waals surface area (Å²) in [6.07, 6.45) is 11.8. The third kappa shape index (κ3) is 8.30. The van der Waals surface area contributed by atoms with Crippen LogP contribution < -0.4 is 15.4 Å². The second kappa shape index (κ2) is 13.6. The van der Waals surface area contributed by atoms with Crippen molar-refractivity contribution < 1.29 is 32.6 Å². The lowest BCUT2D eigenvalue weighted by Crippen LogP contribution is -2.44. The number of aryl methyl sites for hydroxylation is 2. The Morgan fingerprint density at radius 3 is 2.60 bits per heavy atom. The molecule has 0 saturated heterocycles. The van der Waals surface area contributed by atoms with Crippen molar-refractivity contribution in [2.24, 2.45) is 0 Å². The largest absolute Gasteiger partial charge is 0.465 e. The molecule has 0 fully saturated rings. The first-order valence-electron chi connectivity index (χ1n) is 15.5. The maximum absolute atomic E-state index is 14.6. The van der Waals surface area contributed by atoms with Crippen molar-refractivity contribution in [3.8, 4) is 11.7 Å². The smallest absolute Gasteiger partial charge is 0.425 e. The molecule has 1 unspecified atom stereocenters. The zero-order valence-corrected chi connectivity index (χ0v) is 28.8. The van der Waals surface area contributed by atoms with E-state index in [0.717, 1.165) is 17.0 Å². The predicted octanol–water partition coefficient (Wildman–Crippen LogP) is 3.79. The zero-order chi connectivity index (χ0) is 34.1. The van der Waals surface area contributed by atoms with E-state index >= 15 is 0 Å². The van der Waals surface area contributed by atoms with Crippen molar-refractivity contribution in [2.75, 3.05) is 55.9 Å². The van der Waals surface area contributed by atoms with Crippen LogP contribution in [0.4, 0.5) is 15.0 Å². The fraction of sp³-hybridized carbons (Fsp3) is 0.562. The Morgan fingerprint density at radius 2 is 1.89 bits per heavy atom. The van der Waals surface area contributed by atoms with Gasteiger partial charge in [0.1, 0.15) is 23.9 Å². The third-order valence-corrected chi connectivity index (χ3v) is 9.22. The lowest BCUT2D eigenvalue weighted by molar-refractivity contribution is -0.122. The number of halogens is 1. The van der Waals surface area contributed by atoms with E-state index in [-0.39, 0.29) is 48.6 Å². The van der Waals surface area contributed by atoms with Crippen LogP contribution in [0.1, 0.15) is 49.8 Å². The van der Waals surface area contributed by atoms with Gasteiger partial charge in [0.2, 0.25) is 5.82 Å². The van der Waals surface area contributed by atoms with Gasteiger partial charge in [-0.3, -0.25) is 14.7 Å². The molecule has 0 spiro atoms. The number of anilines is 1. The Bertz CT molecular complexity index is 1670. The maximum atomic E-state index is 14.6. The van der Waals surface area contributed by atoms with Crippen LogP contribution in [0.3, 0.4) is 0 Å². The quantitative estimate of drug-likeness (QED) is 0.276. The average Bonchev–Trinajstić information content (AvgIpc) is 3.59. The molecule has 2 amide bonds. The molecule has 1 atom stereocenters. The Labute approximate surface area is 274 Å². The molecule has 3 aromatic heterocycles. The SMILES string of the molecule is Cc1ncc(F)c2c1CC(N(CCCc1cn(-c3cnc4c(n3)N(COCCS(C)(C)C)C(=O)CO4)c(=O)o1)C(=O)OC(C)(C)C)C2. The summed E-state index contributed by atoms with van der Waals surface area (Å²) in [5.74, 6) is 0.341. The van der Waals surface area contributed by atoms with Crippen molar-refractivity contribution in [3.05, 3.63) is 57.5 Å². The Morgan fingerprint density at radius 1 is 1.15 bits per heavy atom. The number of hydrogen-bond donors (Lipinski definition) is 0. The summed E-state index contributed by atoms with van der Waals surface area (Å²) in [6.45, 7) is 7.80. The predicted molar refractivity (Wildman–Crippen MR) is 175 cm³/mol. The summed E-state index contributed by atoms with van der Waals surface area (Å²) in [4.78, 5) is 54.8. The fourth-order valence-electron chi connectivity index (χ4n) is 5.43. The third-order valence-electron chi connectivity index (χ3n) is 7.82. The zero-order valence-electron chi connectivity index (χ0n) is 28.0. The Hall–Kier alpha value is -3.98. The second-order valence-electron chi connectivity index (χ2n) is 13.6. The molecule has 0 radical (unpaired) electrons. The van der Waals surface area contributed by atoms with Gasteiger partial charge in [0, 0.05) is 30.5 Å². The first kappa shape index (κ1) is 34.4. The number of carbonyl (C=O) groups is 2. The molecule has 256 valence electrons. The van der Waals surface area contributed by atoms with E-state index in [1.807, 2.05) is 6.92 Å². The molecule has 0 bridgehead atoms. The van der Waals surface area contributed by atoms with Crippen LogP contribution in [0.2, 0.25) is 0 Å². The summed E-state index contributed by atoms with van der Waals surface area (Å²) in [5, 5.41) is 0. The number of nitrogens with zero attached hydrogens (tertiary/aromatic N) is 6. The first-order valence-corrected chi connectivity index (χ1v) is 18.5. The molecule has 0 aromatic carbocycles. The van der Waals surface area contributed by atoms with Crippen LogP contribution in [0, 0.1) is 12.7 Å². The normalized spacial score (nSPS) is 16.5. The van der Waals surface area contributed by atoms with E-state index in [1.54, 1.807) is 25.7 Å². The van der Waals surface area contributed by atoms with Crippen molar-refractivity contribution in [1.29, 1.82) is 0 Å². The van der Waals surface area contributed by atoms with E-state index in [9.17, 15) is 18.8 Å². The van der Waals surface area contributed by atoms with E-state index in [2.05, 4.69) is 33.7 Å². The molecule has 47 heavy (non-hydrogen) atoms. The van der Waals surface area contributed by atoms with Crippen molar-refractivity contribution in [2.45, 2.75) is 65.0 Å². The van der Waals surface area contributed by atoms with E-state index < -0.39 is 27.5 Å². The minimum atomic E-state index is -0.760. The molecule has 1 aliphatic heterocycles. The molecular formula is C32H43FN6O7S. The van der Waals surface area contributed by atoms with Crippen LogP contribution in [0.15, 0.2) is 27.8 Å². The number of oxazole rings is 1. The molecule has 3 aromatic rings. The highest BCUT2D eigenvalue weighted by atomic mass is 32.3. The van der Waals surface area contributed by atoms with E-state index in [0.29, 0.717) is 50.2 Å². The Kier molecular flexibility index (Phi) is 9.96. The van der Waals surface area contributed by atoms with Gasteiger partial charge in [-0.15, -0.1) is 0 Å². The number of rotatable bonds is 11. The fourth-order valence-corrected chi connectivity index (χ4v) is 6.05. The number of amides is 2. The first-order chi connectivity index (χ1) is 22.1. The second-order valence-corrected chi connectivity index (χ2v) is 18.2. The van der Waals surface area contributed by atoms with Crippen LogP contribution >= 0.6 is 10.0 Å². The molecule has 0 N–H and O–H groups in total. The minimum absolute atomic E-state index is 0.0165.